The molecular weight excluding hydrogens is 330 g/mol. The zero-order valence-electron chi connectivity index (χ0n) is 12.9. The van der Waals surface area contributed by atoms with Crippen LogP contribution < -0.4 is 4.72 Å². The molecule has 1 aliphatic rings. The summed E-state index contributed by atoms with van der Waals surface area (Å²) in [6.07, 6.45) is 3.18. The summed E-state index contributed by atoms with van der Waals surface area (Å²) < 4.78 is 34.0. The number of hydrogen-bond acceptors (Lipinski definition) is 6. The van der Waals surface area contributed by atoms with Crippen LogP contribution in [0.4, 0.5) is 5.95 Å². The molecule has 3 aromatic rings. The molecule has 9 heteroatoms. The highest BCUT2D eigenvalue weighted by atomic mass is 32.2. The maximum absolute atomic E-state index is 12.4. The van der Waals surface area contributed by atoms with Crippen molar-refractivity contribution in [2.75, 3.05) is 4.72 Å². The van der Waals surface area contributed by atoms with Gasteiger partial charge in [0.15, 0.2) is 5.89 Å². The van der Waals surface area contributed by atoms with Crippen molar-refractivity contribution in [2.45, 2.75) is 30.8 Å². The molecule has 0 amide bonds. The molecule has 2 aromatic heterocycles. The van der Waals surface area contributed by atoms with Gasteiger partial charge < -0.3 is 4.42 Å². The third-order valence-electron chi connectivity index (χ3n) is 3.69. The van der Waals surface area contributed by atoms with E-state index in [0.29, 0.717) is 11.7 Å². The lowest BCUT2D eigenvalue weighted by Gasteiger charge is -2.01. The van der Waals surface area contributed by atoms with Crippen molar-refractivity contribution >= 4 is 16.0 Å². The first kappa shape index (κ1) is 14.9. The van der Waals surface area contributed by atoms with Gasteiger partial charge in [0.2, 0.25) is 0 Å². The van der Waals surface area contributed by atoms with Crippen LogP contribution in [0.1, 0.15) is 30.5 Å². The van der Waals surface area contributed by atoms with Gasteiger partial charge in [0, 0.05) is 5.92 Å². The second kappa shape index (κ2) is 5.45. The quantitative estimate of drug-likeness (QED) is 0.761. The Kier molecular flexibility index (Phi) is 3.38. The van der Waals surface area contributed by atoms with Crippen molar-refractivity contribution in [2.24, 2.45) is 0 Å². The van der Waals surface area contributed by atoms with E-state index in [1.165, 1.54) is 6.20 Å². The molecule has 1 fully saturated rings. The number of para-hydroxylation sites is 1. The van der Waals surface area contributed by atoms with Gasteiger partial charge in [0.05, 0.1) is 11.9 Å². The zero-order chi connectivity index (χ0) is 16.7. The summed E-state index contributed by atoms with van der Waals surface area (Å²) >= 11 is 0. The van der Waals surface area contributed by atoms with Gasteiger partial charge in [-0.05, 0) is 31.9 Å². The SMILES string of the molecule is Cc1nc(NS(=O)(=O)c2cnc(C3CC3)o2)nn1-c1ccccc1. The molecule has 0 unspecified atom stereocenters. The fourth-order valence-electron chi connectivity index (χ4n) is 2.33. The molecule has 4 rings (SSSR count). The van der Waals surface area contributed by atoms with Gasteiger partial charge >= 0.3 is 0 Å². The van der Waals surface area contributed by atoms with Gasteiger partial charge in [0.25, 0.3) is 21.1 Å². The Balaban J connectivity index is 1.60. The van der Waals surface area contributed by atoms with Crippen LogP contribution >= 0.6 is 0 Å². The minimum atomic E-state index is -3.90. The maximum Gasteiger partial charge on any atom is 0.299 e. The molecule has 0 aliphatic heterocycles. The molecule has 124 valence electrons. The van der Waals surface area contributed by atoms with Crippen LogP contribution in [0.3, 0.4) is 0 Å². The smallest absolute Gasteiger partial charge is 0.299 e. The topological polar surface area (TPSA) is 103 Å². The van der Waals surface area contributed by atoms with E-state index in [2.05, 4.69) is 19.8 Å². The summed E-state index contributed by atoms with van der Waals surface area (Å²) in [4.78, 5) is 8.18. The number of anilines is 1. The zero-order valence-corrected chi connectivity index (χ0v) is 13.7. The predicted molar refractivity (Wildman–Crippen MR) is 85.4 cm³/mol. The average Bonchev–Trinajstić information content (AvgIpc) is 3.16. The number of rotatable bonds is 5. The monoisotopic (exact) mass is 345 g/mol. The molecule has 0 spiro atoms. The molecule has 1 aromatic carbocycles. The predicted octanol–water partition coefficient (Wildman–Crippen LogP) is 2.24. The summed E-state index contributed by atoms with van der Waals surface area (Å²) in [5.74, 6) is 1.26. The molecule has 8 nitrogen and oxygen atoms in total. The average molecular weight is 345 g/mol. The lowest BCUT2D eigenvalue weighted by atomic mass is 10.3. The molecule has 1 N–H and O–H groups in total. The number of oxazole rings is 1. The van der Waals surface area contributed by atoms with Gasteiger partial charge in [-0.25, -0.2) is 14.4 Å². The van der Waals surface area contributed by atoms with E-state index in [-0.39, 0.29) is 17.0 Å². The van der Waals surface area contributed by atoms with Gasteiger partial charge in [-0.15, -0.1) is 5.10 Å². The van der Waals surface area contributed by atoms with Gasteiger partial charge in [0.1, 0.15) is 5.82 Å². The van der Waals surface area contributed by atoms with Crippen molar-refractivity contribution in [1.29, 1.82) is 0 Å². The van der Waals surface area contributed by atoms with Crippen molar-refractivity contribution in [1.82, 2.24) is 19.7 Å². The molecule has 0 atom stereocenters. The summed E-state index contributed by atoms with van der Waals surface area (Å²) in [5, 5.41) is 3.97. The Labute approximate surface area is 138 Å². The van der Waals surface area contributed by atoms with Crippen LogP contribution in [-0.4, -0.2) is 28.2 Å². The van der Waals surface area contributed by atoms with Gasteiger partial charge in [-0.3, -0.25) is 0 Å². The number of aromatic nitrogens is 4. The molecule has 0 radical (unpaired) electrons. The molecule has 1 saturated carbocycles. The van der Waals surface area contributed by atoms with E-state index in [0.717, 1.165) is 18.5 Å². The van der Waals surface area contributed by atoms with E-state index in [4.69, 9.17) is 4.42 Å². The van der Waals surface area contributed by atoms with E-state index in [9.17, 15) is 8.42 Å². The molecule has 1 aliphatic carbocycles. The summed E-state index contributed by atoms with van der Waals surface area (Å²) in [6, 6.07) is 9.35. The Hall–Kier alpha value is -2.68. The minimum absolute atomic E-state index is 0.0132. The van der Waals surface area contributed by atoms with Crippen LogP contribution in [0, 0.1) is 6.92 Å². The van der Waals surface area contributed by atoms with E-state index in [1.54, 1.807) is 11.6 Å². The van der Waals surface area contributed by atoms with Crippen LogP contribution in [0.5, 0.6) is 0 Å². The molecular formula is C15H15N5O3S. The fourth-order valence-corrected chi connectivity index (χ4v) is 3.15. The Morgan fingerprint density at radius 1 is 1.25 bits per heavy atom. The Bertz CT molecular complexity index is 974. The van der Waals surface area contributed by atoms with E-state index in [1.807, 2.05) is 30.3 Å². The highest BCUT2D eigenvalue weighted by Gasteiger charge is 2.31. The standard InChI is InChI=1S/C15H15N5O3S/c1-10-17-15(18-20(10)12-5-3-2-4-6-12)19-24(21,22)13-9-16-14(23-13)11-7-8-11/h2-6,9,11H,7-8H2,1H3,(H,18,19). The lowest BCUT2D eigenvalue weighted by Crippen LogP contribution is -2.13. The molecule has 24 heavy (non-hydrogen) atoms. The van der Waals surface area contributed by atoms with Gasteiger partial charge in [-0.1, -0.05) is 18.2 Å². The van der Waals surface area contributed by atoms with Gasteiger partial charge in [-0.2, -0.15) is 13.4 Å². The maximum atomic E-state index is 12.4. The third kappa shape index (κ3) is 2.78. The third-order valence-corrected chi connectivity index (χ3v) is 4.86. The molecule has 2 heterocycles. The first-order valence-electron chi connectivity index (χ1n) is 7.50. The minimum Gasteiger partial charge on any atom is -0.427 e. The fraction of sp³-hybridized carbons (Fsp3) is 0.267. The number of nitrogens with zero attached hydrogens (tertiary/aromatic N) is 4. The second-order valence-corrected chi connectivity index (χ2v) is 7.24. The first-order valence-corrected chi connectivity index (χ1v) is 8.99. The van der Waals surface area contributed by atoms with Crippen molar-refractivity contribution in [3.8, 4) is 5.69 Å². The van der Waals surface area contributed by atoms with Crippen LogP contribution in [0.2, 0.25) is 0 Å². The number of aryl methyl sites for hydroxylation is 1. The van der Waals surface area contributed by atoms with E-state index >= 15 is 0 Å². The second-order valence-electron chi connectivity index (χ2n) is 5.63. The van der Waals surface area contributed by atoms with Crippen molar-refractivity contribution in [3.05, 3.63) is 48.2 Å². The summed E-state index contributed by atoms with van der Waals surface area (Å²) in [5.41, 5.74) is 0.795. The molecule has 0 bridgehead atoms. The van der Waals surface area contributed by atoms with Crippen LogP contribution in [0.15, 0.2) is 46.0 Å². The van der Waals surface area contributed by atoms with E-state index < -0.39 is 10.0 Å². The number of nitrogens with one attached hydrogen (secondary N) is 1. The number of hydrogen-bond donors (Lipinski definition) is 1. The highest BCUT2D eigenvalue weighted by Crippen LogP contribution is 2.39. The van der Waals surface area contributed by atoms with Crippen molar-refractivity contribution in [3.63, 3.8) is 0 Å². The normalized spacial score (nSPS) is 14.7. The Morgan fingerprint density at radius 3 is 2.71 bits per heavy atom. The molecule has 0 saturated heterocycles. The number of sulfonamides is 1. The summed E-state index contributed by atoms with van der Waals surface area (Å²) in [7, 11) is -3.90. The Morgan fingerprint density at radius 2 is 2.00 bits per heavy atom. The lowest BCUT2D eigenvalue weighted by molar-refractivity contribution is 0.410. The van der Waals surface area contributed by atoms with Crippen molar-refractivity contribution < 1.29 is 12.8 Å². The first-order chi connectivity index (χ1) is 11.5. The highest BCUT2D eigenvalue weighted by molar-refractivity contribution is 7.92. The van der Waals surface area contributed by atoms with Crippen LogP contribution in [-0.2, 0) is 10.0 Å². The largest absolute Gasteiger partial charge is 0.427 e. The number of benzene rings is 1. The summed E-state index contributed by atoms with van der Waals surface area (Å²) in [6.45, 7) is 1.75. The van der Waals surface area contributed by atoms with Crippen LogP contribution in [0.25, 0.3) is 5.69 Å².